The summed E-state index contributed by atoms with van der Waals surface area (Å²) in [5.74, 6) is -2.20. The summed E-state index contributed by atoms with van der Waals surface area (Å²) in [5, 5.41) is 31.8. The van der Waals surface area contributed by atoms with Crippen molar-refractivity contribution in [3.63, 3.8) is 0 Å². The van der Waals surface area contributed by atoms with Crippen LogP contribution in [0.3, 0.4) is 0 Å². The maximum Gasteiger partial charge on any atom is 0.408 e. The number of carbonyl (C=O) groups excluding carboxylic acids is 3. The van der Waals surface area contributed by atoms with Crippen LogP contribution in [0.2, 0.25) is 0 Å². The van der Waals surface area contributed by atoms with Gasteiger partial charge in [-0.2, -0.15) is 0 Å². The molecule has 0 aliphatic rings. The first-order chi connectivity index (χ1) is 19.4. The highest BCUT2D eigenvalue weighted by atomic mass is 16.6. The molecule has 0 bridgehead atoms. The number of hydrogen-bond donors (Lipinski definition) is 7. The van der Waals surface area contributed by atoms with Gasteiger partial charge in [-0.25, -0.2) is 14.6 Å². The molecule has 13 nitrogen and oxygen atoms in total. The van der Waals surface area contributed by atoms with Crippen molar-refractivity contribution >= 4 is 23.9 Å². The van der Waals surface area contributed by atoms with Gasteiger partial charge in [0.15, 0.2) is 0 Å². The molecule has 3 amide bonds. The minimum Gasteiger partial charge on any atom is -0.480 e. The number of carboxylic acid groups (broad SMARTS) is 1. The van der Waals surface area contributed by atoms with Crippen LogP contribution >= 0.6 is 0 Å². The summed E-state index contributed by atoms with van der Waals surface area (Å²) in [6, 6.07) is -3.52. The molecule has 0 spiro atoms. The number of hydrogen-bond acceptors (Lipinski definition) is 8. The van der Waals surface area contributed by atoms with E-state index in [0.717, 1.165) is 0 Å². The number of imidazole rings is 1. The van der Waals surface area contributed by atoms with Crippen LogP contribution in [0.15, 0.2) is 12.5 Å². The van der Waals surface area contributed by atoms with Crippen LogP contribution in [-0.4, -0.2) is 86.5 Å². The monoisotopic (exact) mass is 596 g/mol. The van der Waals surface area contributed by atoms with Gasteiger partial charge in [0.05, 0.1) is 24.5 Å². The lowest BCUT2D eigenvalue weighted by molar-refractivity contribution is -0.143. The average Bonchev–Trinajstić information content (AvgIpc) is 3.34. The number of amides is 3. The molecule has 0 radical (unpaired) electrons. The minimum absolute atomic E-state index is 0.0351. The Morgan fingerprint density at radius 1 is 0.929 bits per heavy atom. The fourth-order valence-corrected chi connectivity index (χ4v) is 4.31. The largest absolute Gasteiger partial charge is 0.480 e. The van der Waals surface area contributed by atoms with Crippen molar-refractivity contribution in [2.45, 2.75) is 117 Å². The number of carbonyl (C=O) groups is 4. The zero-order valence-corrected chi connectivity index (χ0v) is 26.5. The second-order valence-corrected chi connectivity index (χ2v) is 13.0. The molecule has 1 aromatic heterocycles. The lowest BCUT2D eigenvalue weighted by Gasteiger charge is -2.30. The van der Waals surface area contributed by atoms with E-state index in [0.29, 0.717) is 18.5 Å². The summed E-state index contributed by atoms with van der Waals surface area (Å²) in [5.41, 5.74) is -0.142. The molecule has 0 saturated carbocycles. The molecule has 0 fully saturated rings. The van der Waals surface area contributed by atoms with Crippen molar-refractivity contribution < 1.29 is 34.1 Å². The van der Waals surface area contributed by atoms with Gasteiger partial charge in [-0.3, -0.25) is 9.59 Å². The number of aliphatic hydroxyl groups is 1. The first kappa shape index (κ1) is 36.8. The number of rotatable bonds is 17. The number of aromatic nitrogens is 2. The van der Waals surface area contributed by atoms with E-state index in [2.05, 4.69) is 31.2 Å². The van der Waals surface area contributed by atoms with Crippen molar-refractivity contribution in [1.82, 2.24) is 31.2 Å². The van der Waals surface area contributed by atoms with Gasteiger partial charge in [-0.05, 0) is 51.4 Å². The van der Waals surface area contributed by atoms with Gasteiger partial charge in [0.2, 0.25) is 11.8 Å². The van der Waals surface area contributed by atoms with Gasteiger partial charge in [0, 0.05) is 24.9 Å². The number of nitrogens with one attached hydrogen (secondary N) is 5. The predicted molar refractivity (Wildman–Crippen MR) is 158 cm³/mol. The Balaban J connectivity index is 3.05. The van der Waals surface area contributed by atoms with Gasteiger partial charge >= 0.3 is 12.1 Å². The van der Waals surface area contributed by atoms with Gasteiger partial charge in [0.25, 0.3) is 0 Å². The Morgan fingerprint density at radius 2 is 1.52 bits per heavy atom. The highest BCUT2D eigenvalue weighted by Crippen LogP contribution is 2.13. The fraction of sp³-hybridized carbons (Fsp3) is 0.759. The second-order valence-electron chi connectivity index (χ2n) is 13.0. The lowest BCUT2D eigenvalue weighted by atomic mass is 9.97. The van der Waals surface area contributed by atoms with Crippen LogP contribution in [0.4, 0.5) is 4.79 Å². The molecule has 1 rings (SSSR count). The molecule has 1 aromatic rings. The van der Waals surface area contributed by atoms with E-state index in [-0.39, 0.29) is 30.7 Å². The highest BCUT2D eigenvalue weighted by molar-refractivity contribution is 5.87. The topological polar surface area (TPSA) is 195 Å². The van der Waals surface area contributed by atoms with Crippen LogP contribution in [-0.2, 0) is 25.5 Å². The SMILES string of the molecule is CC(C)C[C@H](NCC(O)[C@H](CC(C)C)NC(=O)[C@H](Cc1cnc[nH]1)NC(=O)OC(C)(C)C)C(=O)N[C@H](C(=O)O)C(C)C. The molecule has 0 aliphatic heterocycles. The van der Waals surface area contributed by atoms with E-state index in [9.17, 15) is 29.4 Å². The van der Waals surface area contributed by atoms with Crippen LogP contribution in [0.25, 0.3) is 0 Å². The summed E-state index contributed by atoms with van der Waals surface area (Å²) < 4.78 is 5.34. The predicted octanol–water partition coefficient (Wildman–Crippen LogP) is 1.97. The molecule has 13 heteroatoms. The smallest absolute Gasteiger partial charge is 0.408 e. The Hall–Kier alpha value is -3.19. The maximum atomic E-state index is 13.4. The van der Waals surface area contributed by atoms with Crippen molar-refractivity contribution in [2.24, 2.45) is 17.8 Å². The molecule has 0 aromatic carbocycles. The third-order valence-corrected chi connectivity index (χ3v) is 6.33. The van der Waals surface area contributed by atoms with Crippen molar-refractivity contribution in [3.05, 3.63) is 18.2 Å². The quantitative estimate of drug-likeness (QED) is 0.141. The van der Waals surface area contributed by atoms with Gasteiger partial charge in [-0.1, -0.05) is 41.5 Å². The number of carboxylic acids is 1. The van der Waals surface area contributed by atoms with E-state index >= 15 is 0 Å². The Morgan fingerprint density at radius 3 is 2.00 bits per heavy atom. The third kappa shape index (κ3) is 14.1. The molecule has 5 atom stereocenters. The molecule has 1 unspecified atom stereocenters. The molecule has 42 heavy (non-hydrogen) atoms. The van der Waals surface area contributed by atoms with E-state index in [1.807, 2.05) is 27.7 Å². The number of aromatic amines is 1. The zero-order valence-electron chi connectivity index (χ0n) is 26.5. The third-order valence-electron chi connectivity index (χ3n) is 6.33. The minimum atomic E-state index is -1.12. The van der Waals surface area contributed by atoms with E-state index in [1.165, 1.54) is 6.33 Å². The highest BCUT2D eigenvalue weighted by Gasteiger charge is 2.32. The van der Waals surface area contributed by atoms with Crippen LogP contribution < -0.4 is 21.3 Å². The molecule has 0 saturated heterocycles. The van der Waals surface area contributed by atoms with Crippen LogP contribution in [0, 0.1) is 17.8 Å². The Kier molecular flexibility index (Phi) is 15.0. The number of aliphatic carboxylic acids is 1. The van der Waals surface area contributed by atoms with Crippen molar-refractivity contribution in [2.75, 3.05) is 6.54 Å². The number of nitrogens with zero attached hydrogens (tertiary/aromatic N) is 1. The number of aliphatic hydroxyl groups excluding tert-OH is 1. The fourth-order valence-electron chi connectivity index (χ4n) is 4.31. The lowest BCUT2D eigenvalue weighted by Crippen LogP contribution is -2.57. The van der Waals surface area contributed by atoms with Gasteiger partial charge in [0.1, 0.15) is 17.7 Å². The number of ether oxygens (including phenoxy) is 1. The first-order valence-corrected chi connectivity index (χ1v) is 14.6. The van der Waals surface area contributed by atoms with Gasteiger partial charge in [-0.15, -0.1) is 0 Å². The molecule has 1 heterocycles. The summed E-state index contributed by atoms with van der Waals surface area (Å²) in [6.07, 6.45) is 2.13. The Bertz CT molecular complexity index is 991. The van der Waals surface area contributed by atoms with Crippen molar-refractivity contribution in [1.29, 1.82) is 0 Å². The van der Waals surface area contributed by atoms with E-state index in [4.69, 9.17) is 4.74 Å². The molecular formula is C29H52N6O7. The zero-order chi connectivity index (χ0) is 32.2. The standard InChI is InChI=1S/C29H52N6O7/c1-16(2)10-20(23(36)14-31-21(11-17(3)4)25(37)35-24(18(5)6)27(39)40)33-26(38)22(12-19-13-30-15-32-19)34-28(41)42-29(7,8)9/h13,15-18,20-24,31,36H,10-12,14H2,1-9H3,(H,30,32)(H,33,38)(H,34,41)(H,35,37)(H,39,40)/t20-,21-,22-,23?,24-/m0/s1. The van der Waals surface area contributed by atoms with Crippen LogP contribution in [0.5, 0.6) is 0 Å². The van der Waals surface area contributed by atoms with E-state index < -0.39 is 59.7 Å². The number of alkyl carbamates (subject to hydrolysis) is 1. The molecule has 240 valence electrons. The molecule has 7 N–H and O–H groups in total. The maximum absolute atomic E-state index is 13.4. The molecule has 0 aliphatic carbocycles. The first-order valence-electron chi connectivity index (χ1n) is 14.6. The Labute approximate surface area is 249 Å². The number of H-pyrrole nitrogens is 1. The van der Waals surface area contributed by atoms with Gasteiger partial charge < -0.3 is 41.2 Å². The molecular weight excluding hydrogens is 544 g/mol. The van der Waals surface area contributed by atoms with Crippen LogP contribution in [0.1, 0.15) is 80.8 Å². The average molecular weight is 597 g/mol. The second kappa shape index (κ2) is 17.1. The van der Waals surface area contributed by atoms with E-state index in [1.54, 1.807) is 40.8 Å². The normalized spacial score (nSPS) is 15.5. The summed E-state index contributed by atoms with van der Waals surface area (Å²) in [4.78, 5) is 57.5. The summed E-state index contributed by atoms with van der Waals surface area (Å²) in [6.45, 7) is 16.3. The summed E-state index contributed by atoms with van der Waals surface area (Å²) in [7, 11) is 0. The van der Waals surface area contributed by atoms with Crippen molar-refractivity contribution in [3.8, 4) is 0 Å². The summed E-state index contributed by atoms with van der Waals surface area (Å²) >= 11 is 0.